The van der Waals surface area contributed by atoms with E-state index in [1.54, 1.807) is 6.92 Å². The van der Waals surface area contributed by atoms with E-state index in [0.29, 0.717) is 30.7 Å². The zero-order valence-corrected chi connectivity index (χ0v) is 14.1. The van der Waals surface area contributed by atoms with Crippen LogP contribution in [0.15, 0.2) is 15.3 Å². The zero-order chi connectivity index (χ0) is 17.1. The number of aromatic nitrogens is 3. The Hall–Kier alpha value is -2.22. The minimum absolute atomic E-state index is 0.159. The second-order valence-electron chi connectivity index (χ2n) is 6.30. The van der Waals surface area contributed by atoms with E-state index in [-0.39, 0.29) is 29.5 Å². The highest BCUT2D eigenvalue weighted by molar-refractivity contribution is 5.93. The van der Waals surface area contributed by atoms with E-state index in [1.807, 2.05) is 13.8 Å². The van der Waals surface area contributed by atoms with Crippen molar-refractivity contribution in [2.45, 2.75) is 45.6 Å². The Morgan fingerprint density at radius 2 is 2.08 bits per heavy atom. The highest BCUT2D eigenvalue weighted by atomic mass is 16.5. The number of nitrogens with one attached hydrogen (secondary N) is 1. The van der Waals surface area contributed by atoms with Crippen LogP contribution in [-0.2, 0) is 4.74 Å². The number of hydrogen-bond donors (Lipinski definition) is 1. The molecule has 2 aromatic rings. The topological polar surface area (TPSA) is 103 Å². The Morgan fingerprint density at radius 1 is 1.33 bits per heavy atom. The van der Waals surface area contributed by atoms with Crippen LogP contribution in [0.1, 0.15) is 66.6 Å². The van der Waals surface area contributed by atoms with Gasteiger partial charge >= 0.3 is 0 Å². The Kier molecular flexibility index (Phi) is 4.94. The second kappa shape index (κ2) is 7.12. The minimum atomic E-state index is -0.363. The van der Waals surface area contributed by atoms with Crippen molar-refractivity contribution >= 4 is 5.91 Å². The van der Waals surface area contributed by atoms with Crippen molar-refractivity contribution in [2.24, 2.45) is 5.92 Å². The lowest BCUT2D eigenvalue weighted by atomic mass is 9.91. The number of nitrogens with zero attached hydrogens (tertiary/aromatic N) is 3. The number of ether oxygens (including phenoxy) is 1. The maximum atomic E-state index is 12.5. The lowest BCUT2D eigenvalue weighted by Gasteiger charge is -2.28. The molecular weight excluding hydrogens is 312 g/mol. The summed E-state index contributed by atoms with van der Waals surface area (Å²) in [5.74, 6) is 1.57. The number of carbonyl (C=O) groups excluding carboxylic acids is 1. The first-order valence-corrected chi connectivity index (χ1v) is 8.18. The van der Waals surface area contributed by atoms with Crippen LogP contribution >= 0.6 is 0 Å². The molecule has 1 N–H and O–H groups in total. The molecule has 0 aromatic carbocycles. The van der Waals surface area contributed by atoms with Gasteiger partial charge in [-0.1, -0.05) is 19.0 Å². The molecule has 0 radical (unpaired) electrons. The maximum Gasteiger partial charge on any atom is 0.274 e. The first kappa shape index (κ1) is 16.6. The van der Waals surface area contributed by atoms with Crippen LogP contribution < -0.4 is 5.32 Å². The number of rotatable bonds is 5. The van der Waals surface area contributed by atoms with Crippen molar-refractivity contribution in [2.75, 3.05) is 13.2 Å². The first-order chi connectivity index (χ1) is 11.6. The van der Waals surface area contributed by atoms with Gasteiger partial charge in [-0.25, -0.2) is 4.98 Å². The molecule has 24 heavy (non-hydrogen) atoms. The second-order valence-corrected chi connectivity index (χ2v) is 6.30. The summed E-state index contributed by atoms with van der Waals surface area (Å²) < 4.78 is 16.0. The lowest BCUT2D eigenvalue weighted by molar-refractivity contribution is 0.0466. The smallest absolute Gasteiger partial charge is 0.274 e. The molecule has 2 aromatic heterocycles. The number of amides is 1. The summed E-state index contributed by atoms with van der Waals surface area (Å²) in [4.78, 5) is 21.0. The maximum absolute atomic E-state index is 12.5. The molecule has 3 heterocycles. The Labute approximate surface area is 140 Å². The van der Waals surface area contributed by atoms with Gasteiger partial charge in [0.1, 0.15) is 11.8 Å². The summed E-state index contributed by atoms with van der Waals surface area (Å²) in [6, 6.07) is -0.363. The summed E-state index contributed by atoms with van der Waals surface area (Å²) in [7, 11) is 0. The van der Waals surface area contributed by atoms with Crippen molar-refractivity contribution in [3.8, 4) is 0 Å². The Bertz CT molecular complexity index is 688. The van der Waals surface area contributed by atoms with Gasteiger partial charge in [0.25, 0.3) is 5.91 Å². The molecule has 1 atom stereocenters. The largest absolute Gasteiger partial charge is 0.448 e. The quantitative estimate of drug-likeness (QED) is 0.895. The molecule has 3 rings (SSSR count). The van der Waals surface area contributed by atoms with Crippen molar-refractivity contribution in [3.05, 3.63) is 29.6 Å². The SMILES string of the molecule is Cc1ocnc1C(=O)NC(c1nc(C(C)C)no1)C1CCOCC1. The number of hydrogen-bond acceptors (Lipinski definition) is 7. The van der Waals surface area contributed by atoms with Crippen LogP contribution in [0.2, 0.25) is 0 Å². The Balaban J connectivity index is 1.83. The number of aryl methyl sites for hydroxylation is 1. The van der Waals surface area contributed by atoms with Crippen LogP contribution in [0.4, 0.5) is 0 Å². The van der Waals surface area contributed by atoms with Gasteiger partial charge in [0, 0.05) is 19.1 Å². The fraction of sp³-hybridized carbons (Fsp3) is 0.625. The van der Waals surface area contributed by atoms with Gasteiger partial charge in [-0.2, -0.15) is 4.98 Å². The van der Waals surface area contributed by atoms with Crippen molar-refractivity contribution in [1.29, 1.82) is 0 Å². The zero-order valence-electron chi connectivity index (χ0n) is 14.1. The third-order valence-corrected chi connectivity index (χ3v) is 4.22. The summed E-state index contributed by atoms with van der Waals surface area (Å²) in [6.07, 6.45) is 2.90. The normalized spacial score (nSPS) is 17.2. The molecule has 130 valence electrons. The van der Waals surface area contributed by atoms with Gasteiger partial charge in [-0.3, -0.25) is 4.79 Å². The fourth-order valence-electron chi connectivity index (χ4n) is 2.77. The molecular formula is C16H22N4O4. The van der Waals surface area contributed by atoms with Gasteiger partial charge in [-0.15, -0.1) is 0 Å². The molecule has 1 fully saturated rings. The summed E-state index contributed by atoms with van der Waals surface area (Å²) >= 11 is 0. The summed E-state index contributed by atoms with van der Waals surface area (Å²) in [5, 5.41) is 7.00. The van der Waals surface area contributed by atoms with Gasteiger partial charge in [0.05, 0.1) is 0 Å². The molecule has 0 spiro atoms. The Morgan fingerprint density at radius 3 is 2.67 bits per heavy atom. The van der Waals surface area contributed by atoms with E-state index in [1.165, 1.54) is 6.39 Å². The van der Waals surface area contributed by atoms with E-state index < -0.39 is 0 Å². The molecule has 0 aliphatic carbocycles. The molecule has 8 nitrogen and oxygen atoms in total. The molecule has 1 saturated heterocycles. The van der Waals surface area contributed by atoms with E-state index in [9.17, 15) is 4.79 Å². The first-order valence-electron chi connectivity index (χ1n) is 8.18. The van der Waals surface area contributed by atoms with Crippen molar-refractivity contribution < 1.29 is 18.5 Å². The van der Waals surface area contributed by atoms with E-state index >= 15 is 0 Å². The highest BCUT2D eigenvalue weighted by Crippen LogP contribution is 2.30. The molecule has 1 unspecified atom stereocenters. The van der Waals surface area contributed by atoms with E-state index in [2.05, 4.69) is 20.4 Å². The van der Waals surface area contributed by atoms with Crippen molar-refractivity contribution in [1.82, 2.24) is 20.4 Å². The third kappa shape index (κ3) is 3.48. The average Bonchev–Trinajstić information content (AvgIpc) is 3.22. The predicted molar refractivity (Wildman–Crippen MR) is 83.4 cm³/mol. The van der Waals surface area contributed by atoms with Crippen LogP contribution in [0.25, 0.3) is 0 Å². The molecule has 0 bridgehead atoms. The third-order valence-electron chi connectivity index (χ3n) is 4.22. The molecule has 1 amide bonds. The van der Waals surface area contributed by atoms with E-state index in [0.717, 1.165) is 12.8 Å². The van der Waals surface area contributed by atoms with Crippen molar-refractivity contribution in [3.63, 3.8) is 0 Å². The standard InChI is InChI=1S/C16H22N4O4/c1-9(2)14-19-16(24-20-14)13(11-4-6-22-7-5-11)18-15(21)12-10(3)23-8-17-12/h8-9,11,13H,4-7H2,1-3H3,(H,18,21). The molecule has 0 saturated carbocycles. The van der Waals surface area contributed by atoms with Crippen LogP contribution in [0.3, 0.4) is 0 Å². The number of oxazole rings is 1. The molecule has 8 heteroatoms. The summed E-state index contributed by atoms with van der Waals surface area (Å²) in [6.45, 7) is 7.01. The van der Waals surface area contributed by atoms with Crippen LogP contribution in [0.5, 0.6) is 0 Å². The molecule has 1 aliphatic rings. The van der Waals surface area contributed by atoms with Gasteiger partial charge in [0.15, 0.2) is 17.9 Å². The monoisotopic (exact) mass is 334 g/mol. The van der Waals surface area contributed by atoms with Crippen LogP contribution in [0, 0.1) is 12.8 Å². The van der Waals surface area contributed by atoms with Crippen LogP contribution in [-0.4, -0.2) is 34.2 Å². The highest BCUT2D eigenvalue weighted by Gasteiger charge is 2.32. The average molecular weight is 334 g/mol. The lowest BCUT2D eigenvalue weighted by Crippen LogP contribution is -2.36. The van der Waals surface area contributed by atoms with Gasteiger partial charge in [-0.05, 0) is 25.7 Å². The van der Waals surface area contributed by atoms with Gasteiger partial charge < -0.3 is 19.0 Å². The predicted octanol–water partition coefficient (Wildman–Crippen LogP) is 2.39. The number of carbonyl (C=O) groups is 1. The summed E-state index contributed by atoms with van der Waals surface area (Å²) in [5.41, 5.74) is 0.274. The van der Waals surface area contributed by atoms with E-state index in [4.69, 9.17) is 13.7 Å². The molecule has 1 aliphatic heterocycles. The minimum Gasteiger partial charge on any atom is -0.448 e. The fourth-order valence-corrected chi connectivity index (χ4v) is 2.77. The van der Waals surface area contributed by atoms with Gasteiger partial charge in [0.2, 0.25) is 5.89 Å².